The average molecular weight is 312 g/mol. The minimum atomic E-state index is -1.26. The van der Waals surface area contributed by atoms with Crippen molar-refractivity contribution in [2.24, 2.45) is 0 Å². The van der Waals surface area contributed by atoms with Gasteiger partial charge in [0.25, 0.3) is 0 Å². The number of hydrogen-bond donors (Lipinski definition) is 1. The number of carbonyl (C=O) groups is 1. The van der Waals surface area contributed by atoms with E-state index in [1.165, 1.54) is 12.3 Å². The summed E-state index contributed by atoms with van der Waals surface area (Å²) in [5.41, 5.74) is -0.250. The quantitative estimate of drug-likeness (QED) is 0.943. The summed E-state index contributed by atoms with van der Waals surface area (Å²) >= 11 is 3.22. The molecule has 0 unspecified atom stereocenters. The predicted octanol–water partition coefficient (Wildman–Crippen LogP) is 3.47. The third kappa shape index (κ3) is 2.84. The monoisotopic (exact) mass is 311 g/mol. The Morgan fingerprint density at radius 3 is 2.72 bits per heavy atom. The first-order valence-electron chi connectivity index (χ1n) is 4.88. The topological polar surface area (TPSA) is 59.4 Å². The van der Waals surface area contributed by atoms with Gasteiger partial charge >= 0.3 is 5.97 Å². The van der Waals surface area contributed by atoms with E-state index in [-0.39, 0.29) is 17.2 Å². The van der Waals surface area contributed by atoms with E-state index in [1.807, 2.05) is 0 Å². The van der Waals surface area contributed by atoms with Crippen molar-refractivity contribution >= 4 is 21.9 Å². The lowest BCUT2D eigenvalue weighted by Crippen LogP contribution is -2.01. The number of aromatic carboxylic acids is 1. The van der Waals surface area contributed by atoms with Gasteiger partial charge in [0.2, 0.25) is 5.88 Å². The molecule has 2 rings (SSSR count). The molecule has 0 radical (unpaired) electrons. The van der Waals surface area contributed by atoms with Crippen LogP contribution in [-0.4, -0.2) is 16.1 Å². The molecule has 0 atom stereocenters. The Bertz CT molecular complexity index is 586. The number of pyridine rings is 1. The molecule has 2 aromatic rings. The molecule has 0 saturated carbocycles. The fourth-order valence-corrected chi connectivity index (χ4v) is 1.53. The van der Waals surface area contributed by atoms with E-state index in [2.05, 4.69) is 20.9 Å². The van der Waals surface area contributed by atoms with Crippen LogP contribution in [0.3, 0.4) is 0 Å². The third-order valence-corrected chi connectivity index (χ3v) is 2.56. The van der Waals surface area contributed by atoms with E-state index in [9.17, 15) is 9.18 Å². The van der Waals surface area contributed by atoms with Gasteiger partial charge in [-0.05, 0) is 40.2 Å². The van der Waals surface area contributed by atoms with Crippen molar-refractivity contribution in [3.8, 4) is 11.6 Å². The number of aromatic nitrogens is 1. The maximum atomic E-state index is 13.0. The second-order valence-corrected chi connectivity index (χ2v) is 4.28. The summed E-state index contributed by atoms with van der Waals surface area (Å²) in [6, 6.07) is 6.55. The van der Waals surface area contributed by atoms with E-state index in [0.29, 0.717) is 0 Å². The third-order valence-electron chi connectivity index (χ3n) is 2.09. The maximum absolute atomic E-state index is 13.0. The molecule has 1 aromatic carbocycles. The van der Waals surface area contributed by atoms with Crippen LogP contribution in [0.2, 0.25) is 0 Å². The highest BCUT2D eigenvalue weighted by Gasteiger charge is 2.13. The molecule has 1 N–H and O–H groups in total. The fourth-order valence-electron chi connectivity index (χ4n) is 1.29. The number of ether oxygens (including phenoxy) is 1. The molecule has 0 saturated heterocycles. The molecule has 0 amide bonds. The second-order valence-electron chi connectivity index (χ2n) is 3.36. The Morgan fingerprint density at radius 2 is 2.11 bits per heavy atom. The van der Waals surface area contributed by atoms with Crippen molar-refractivity contribution in [3.63, 3.8) is 0 Å². The van der Waals surface area contributed by atoms with Crippen LogP contribution in [0.4, 0.5) is 4.39 Å². The van der Waals surface area contributed by atoms with Crippen LogP contribution in [-0.2, 0) is 0 Å². The number of carboxylic acids is 1. The molecule has 0 bridgehead atoms. The van der Waals surface area contributed by atoms with Crippen molar-refractivity contribution < 1.29 is 19.0 Å². The van der Waals surface area contributed by atoms with Crippen molar-refractivity contribution in [1.29, 1.82) is 0 Å². The lowest BCUT2D eigenvalue weighted by molar-refractivity contribution is 0.0693. The van der Waals surface area contributed by atoms with Gasteiger partial charge in [-0.3, -0.25) is 0 Å². The molecule has 6 heteroatoms. The molecule has 0 spiro atoms. The Morgan fingerprint density at radius 1 is 1.33 bits per heavy atom. The molecule has 0 aliphatic carbocycles. The Hall–Kier alpha value is -1.95. The molecular formula is C12H7BrFNO3. The largest absolute Gasteiger partial charge is 0.478 e. The van der Waals surface area contributed by atoms with Gasteiger partial charge in [-0.15, -0.1) is 0 Å². The smallest absolute Gasteiger partial charge is 0.339 e. The Kier molecular flexibility index (Phi) is 3.57. The molecule has 92 valence electrons. The lowest BCUT2D eigenvalue weighted by atomic mass is 10.2. The van der Waals surface area contributed by atoms with Gasteiger partial charge in [-0.25, -0.2) is 14.2 Å². The molecule has 0 aliphatic heterocycles. The normalized spacial score (nSPS) is 10.1. The maximum Gasteiger partial charge on any atom is 0.339 e. The van der Waals surface area contributed by atoms with Gasteiger partial charge in [-0.2, -0.15) is 0 Å². The molecule has 1 aromatic heterocycles. The van der Waals surface area contributed by atoms with E-state index >= 15 is 0 Å². The Labute approximate surface area is 110 Å². The van der Waals surface area contributed by atoms with E-state index in [4.69, 9.17) is 9.84 Å². The summed E-state index contributed by atoms with van der Waals surface area (Å²) < 4.78 is 19.0. The predicted molar refractivity (Wildman–Crippen MR) is 65.4 cm³/mol. The van der Waals surface area contributed by atoms with Crippen LogP contribution >= 0.6 is 15.9 Å². The average Bonchev–Trinajstić information content (AvgIpc) is 2.34. The number of rotatable bonds is 3. The van der Waals surface area contributed by atoms with Crippen LogP contribution in [0.15, 0.2) is 41.0 Å². The lowest BCUT2D eigenvalue weighted by Gasteiger charge is -2.07. The van der Waals surface area contributed by atoms with Crippen molar-refractivity contribution in [3.05, 3.63) is 52.4 Å². The first-order chi connectivity index (χ1) is 8.56. The van der Waals surface area contributed by atoms with Crippen molar-refractivity contribution in [1.82, 2.24) is 4.98 Å². The molecule has 0 fully saturated rings. The van der Waals surface area contributed by atoms with Crippen LogP contribution in [0.5, 0.6) is 11.6 Å². The van der Waals surface area contributed by atoms with E-state index in [0.717, 1.165) is 16.6 Å². The molecule has 1 heterocycles. The molecule has 0 aliphatic rings. The van der Waals surface area contributed by atoms with Gasteiger partial charge in [0.1, 0.15) is 17.1 Å². The zero-order chi connectivity index (χ0) is 13.1. The Balaban J connectivity index is 2.34. The molecule has 4 nitrogen and oxygen atoms in total. The van der Waals surface area contributed by atoms with Gasteiger partial charge in [0.15, 0.2) is 0 Å². The minimum Gasteiger partial charge on any atom is -0.478 e. The highest BCUT2D eigenvalue weighted by molar-refractivity contribution is 9.10. The van der Waals surface area contributed by atoms with Crippen LogP contribution in [0.1, 0.15) is 10.4 Å². The van der Waals surface area contributed by atoms with E-state index in [1.54, 1.807) is 12.1 Å². The summed E-state index contributed by atoms with van der Waals surface area (Å²) in [5, 5.41) is 8.94. The first kappa shape index (κ1) is 12.5. The van der Waals surface area contributed by atoms with Crippen LogP contribution in [0.25, 0.3) is 0 Å². The van der Waals surface area contributed by atoms with Crippen LogP contribution in [0, 0.1) is 5.82 Å². The molecule has 18 heavy (non-hydrogen) atoms. The number of hydrogen-bond acceptors (Lipinski definition) is 3. The van der Waals surface area contributed by atoms with Gasteiger partial charge in [0.05, 0.1) is 0 Å². The zero-order valence-electron chi connectivity index (χ0n) is 8.93. The van der Waals surface area contributed by atoms with Crippen molar-refractivity contribution in [2.45, 2.75) is 0 Å². The second kappa shape index (κ2) is 5.14. The first-order valence-corrected chi connectivity index (χ1v) is 5.68. The van der Waals surface area contributed by atoms with E-state index < -0.39 is 11.8 Å². The molecular weight excluding hydrogens is 305 g/mol. The van der Waals surface area contributed by atoms with Gasteiger partial charge in [-0.1, -0.05) is 0 Å². The van der Waals surface area contributed by atoms with Crippen molar-refractivity contribution in [2.75, 3.05) is 0 Å². The number of carboxylic acid groups (broad SMARTS) is 1. The number of nitrogens with zero attached hydrogens (tertiary/aromatic N) is 1. The summed E-state index contributed by atoms with van der Waals surface area (Å²) in [5.74, 6) is -1.63. The SMILES string of the molecule is O=C(O)c1cc(F)ccc1Oc1ccc(Br)cn1. The number of benzene rings is 1. The van der Waals surface area contributed by atoms with Crippen LogP contribution < -0.4 is 4.74 Å². The van der Waals surface area contributed by atoms with Gasteiger partial charge < -0.3 is 9.84 Å². The fraction of sp³-hybridized carbons (Fsp3) is 0. The minimum absolute atomic E-state index is 0.0405. The highest BCUT2D eigenvalue weighted by Crippen LogP contribution is 2.25. The summed E-state index contributed by atoms with van der Waals surface area (Å²) in [6.07, 6.45) is 1.51. The standard InChI is InChI=1S/C12H7BrFNO3/c13-7-1-4-11(15-6-7)18-10-3-2-8(14)5-9(10)12(16)17/h1-6H,(H,16,17). The summed E-state index contributed by atoms with van der Waals surface area (Å²) in [4.78, 5) is 14.9. The summed E-state index contributed by atoms with van der Waals surface area (Å²) in [7, 11) is 0. The van der Waals surface area contributed by atoms with Gasteiger partial charge in [0, 0.05) is 16.7 Å². The highest BCUT2D eigenvalue weighted by atomic mass is 79.9. The summed E-state index contributed by atoms with van der Waals surface area (Å²) in [6.45, 7) is 0. The zero-order valence-corrected chi connectivity index (χ0v) is 10.5. The number of halogens is 2.